The summed E-state index contributed by atoms with van der Waals surface area (Å²) in [6.07, 6.45) is 0.335. The first-order valence-corrected chi connectivity index (χ1v) is 10.5. The molecule has 1 fully saturated rings. The summed E-state index contributed by atoms with van der Waals surface area (Å²) < 4.78 is 24.6. The molecule has 1 amide bonds. The second kappa shape index (κ2) is 9.28. The van der Waals surface area contributed by atoms with E-state index in [1.54, 1.807) is 36.1 Å². The van der Waals surface area contributed by atoms with E-state index in [9.17, 15) is 19.1 Å². The van der Waals surface area contributed by atoms with Gasteiger partial charge in [-0.2, -0.15) is 0 Å². The number of hydrogen-bond acceptors (Lipinski definition) is 5. The molecule has 0 aliphatic carbocycles. The van der Waals surface area contributed by atoms with Crippen LogP contribution in [0.3, 0.4) is 0 Å². The zero-order valence-electron chi connectivity index (χ0n) is 17.3. The van der Waals surface area contributed by atoms with Crippen molar-refractivity contribution in [2.45, 2.75) is 19.1 Å². The third-order valence-electron chi connectivity index (χ3n) is 5.41. The van der Waals surface area contributed by atoms with E-state index in [-0.39, 0.29) is 23.1 Å². The summed E-state index contributed by atoms with van der Waals surface area (Å²) >= 11 is 6.21. The third kappa shape index (κ3) is 4.48. The lowest BCUT2D eigenvalue weighted by Crippen LogP contribution is -2.50. The van der Waals surface area contributed by atoms with Crippen LogP contribution in [0.2, 0.25) is 5.02 Å². The average Bonchev–Trinajstić information content (AvgIpc) is 2.79. The topological polar surface area (TPSA) is 91.9 Å². The molecular formula is C23H22ClFN2O5. The largest absolute Gasteiger partial charge is 0.481 e. The van der Waals surface area contributed by atoms with E-state index in [0.29, 0.717) is 47.3 Å². The van der Waals surface area contributed by atoms with E-state index in [4.69, 9.17) is 21.1 Å². The number of nitrogens with zero attached hydrogens (tertiary/aromatic N) is 1. The number of aromatic amines is 1. The van der Waals surface area contributed by atoms with Gasteiger partial charge in [-0.05, 0) is 48.7 Å². The predicted octanol–water partition coefficient (Wildman–Crippen LogP) is 2.97. The summed E-state index contributed by atoms with van der Waals surface area (Å²) in [6, 6.07) is 9.01. The van der Waals surface area contributed by atoms with E-state index in [2.05, 4.69) is 4.98 Å². The quantitative estimate of drug-likeness (QED) is 0.610. The highest BCUT2D eigenvalue weighted by molar-refractivity contribution is 6.33. The number of carbonyl (C=O) groups is 1. The first-order chi connectivity index (χ1) is 15.4. The van der Waals surface area contributed by atoms with Crippen molar-refractivity contribution in [3.05, 3.63) is 63.8 Å². The van der Waals surface area contributed by atoms with Gasteiger partial charge in [0.25, 0.3) is 11.5 Å². The number of amides is 1. The number of carbonyl (C=O) groups excluding carboxylic acids is 1. The zero-order chi connectivity index (χ0) is 22.8. The predicted molar refractivity (Wildman–Crippen MR) is 118 cm³/mol. The molecule has 2 unspecified atom stereocenters. The molecule has 3 aromatic rings. The van der Waals surface area contributed by atoms with Gasteiger partial charge in [0.05, 0.1) is 29.7 Å². The smallest absolute Gasteiger partial charge is 0.263 e. The number of aliphatic hydroxyl groups is 1. The number of aliphatic hydroxyl groups excluding tert-OH is 1. The Hall–Kier alpha value is -2.94. The SMILES string of the molecule is CC(Oc1ccc2c(-c3ccc(F)cc3Cl)c[nH]c(=O)c2c1)C(=O)N1CCOC(CO)C1. The van der Waals surface area contributed by atoms with Crippen molar-refractivity contribution in [1.29, 1.82) is 0 Å². The highest BCUT2D eigenvalue weighted by atomic mass is 35.5. The molecule has 2 atom stereocenters. The number of halogens is 2. The molecule has 168 valence electrons. The first-order valence-electron chi connectivity index (χ1n) is 10.2. The molecule has 1 aromatic heterocycles. The van der Waals surface area contributed by atoms with Gasteiger partial charge in [-0.3, -0.25) is 9.59 Å². The normalized spacial score (nSPS) is 17.4. The second-order valence-electron chi connectivity index (χ2n) is 7.58. The Kier molecular flexibility index (Phi) is 6.45. The van der Waals surface area contributed by atoms with E-state index >= 15 is 0 Å². The lowest BCUT2D eigenvalue weighted by Gasteiger charge is -2.33. The monoisotopic (exact) mass is 460 g/mol. The van der Waals surface area contributed by atoms with E-state index in [1.165, 1.54) is 18.3 Å². The molecule has 1 saturated heterocycles. The van der Waals surface area contributed by atoms with Crippen molar-refractivity contribution < 1.29 is 23.8 Å². The average molecular weight is 461 g/mol. The van der Waals surface area contributed by atoms with Gasteiger partial charge in [0, 0.05) is 30.4 Å². The van der Waals surface area contributed by atoms with Crippen LogP contribution in [-0.4, -0.2) is 59.4 Å². The van der Waals surface area contributed by atoms with Crippen LogP contribution in [0, 0.1) is 5.82 Å². The number of aromatic nitrogens is 1. The van der Waals surface area contributed by atoms with E-state index in [0.717, 1.165) is 0 Å². The van der Waals surface area contributed by atoms with E-state index in [1.807, 2.05) is 0 Å². The summed E-state index contributed by atoms with van der Waals surface area (Å²) in [5, 5.41) is 10.5. The Morgan fingerprint density at radius 3 is 2.88 bits per heavy atom. The number of morpholine rings is 1. The molecule has 2 N–H and O–H groups in total. The van der Waals surface area contributed by atoms with Gasteiger partial charge >= 0.3 is 0 Å². The van der Waals surface area contributed by atoms with Crippen molar-refractivity contribution in [2.75, 3.05) is 26.3 Å². The molecule has 1 aliphatic rings. The highest BCUT2D eigenvalue weighted by Crippen LogP contribution is 2.33. The van der Waals surface area contributed by atoms with Crippen LogP contribution in [0.1, 0.15) is 6.92 Å². The maximum atomic E-state index is 13.4. The van der Waals surface area contributed by atoms with Gasteiger partial charge in [0.15, 0.2) is 6.10 Å². The fraction of sp³-hybridized carbons (Fsp3) is 0.304. The number of rotatable bonds is 5. The number of pyridine rings is 1. The number of ether oxygens (including phenoxy) is 2. The Bertz CT molecular complexity index is 1210. The van der Waals surface area contributed by atoms with Crippen molar-refractivity contribution in [1.82, 2.24) is 9.88 Å². The van der Waals surface area contributed by atoms with Crippen LogP contribution < -0.4 is 10.3 Å². The Morgan fingerprint density at radius 1 is 1.31 bits per heavy atom. The summed E-state index contributed by atoms with van der Waals surface area (Å²) in [5.74, 6) is -0.321. The fourth-order valence-electron chi connectivity index (χ4n) is 3.78. The molecule has 0 radical (unpaired) electrons. The third-order valence-corrected chi connectivity index (χ3v) is 5.72. The van der Waals surface area contributed by atoms with Gasteiger partial charge < -0.3 is 24.5 Å². The van der Waals surface area contributed by atoms with Crippen molar-refractivity contribution in [3.8, 4) is 16.9 Å². The molecule has 1 aliphatic heterocycles. The van der Waals surface area contributed by atoms with Crippen LogP contribution >= 0.6 is 11.6 Å². The van der Waals surface area contributed by atoms with Gasteiger partial charge in [0.1, 0.15) is 11.6 Å². The molecule has 7 nitrogen and oxygen atoms in total. The summed E-state index contributed by atoms with van der Waals surface area (Å²) in [7, 11) is 0. The van der Waals surface area contributed by atoms with Gasteiger partial charge in [-0.1, -0.05) is 11.6 Å². The zero-order valence-corrected chi connectivity index (χ0v) is 18.1. The molecule has 0 spiro atoms. The minimum absolute atomic E-state index is 0.160. The lowest BCUT2D eigenvalue weighted by atomic mass is 10.0. The molecule has 32 heavy (non-hydrogen) atoms. The van der Waals surface area contributed by atoms with Gasteiger partial charge in [-0.25, -0.2) is 4.39 Å². The van der Waals surface area contributed by atoms with Gasteiger partial charge in [0.2, 0.25) is 0 Å². The summed E-state index contributed by atoms with van der Waals surface area (Å²) in [6.45, 7) is 2.54. The molecular weight excluding hydrogens is 439 g/mol. The van der Waals surface area contributed by atoms with Crippen LogP contribution in [0.4, 0.5) is 4.39 Å². The molecule has 2 heterocycles. The van der Waals surface area contributed by atoms with Crippen molar-refractivity contribution in [3.63, 3.8) is 0 Å². The van der Waals surface area contributed by atoms with Crippen LogP contribution in [0.25, 0.3) is 21.9 Å². The number of H-pyrrole nitrogens is 1. The number of benzene rings is 2. The number of nitrogens with one attached hydrogen (secondary N) is 1. The fourth-order valence-corrected chi connectivity index (χ4v) is 4.05. The summed E-state index contributed by atoms with van der Waals surface area (Å²) in [5.41, 5.74) is 0.895. The number of hydrogen-bond donors (Lipinski definition) is 2. The molecule has 4 rings (SSSR count). The maximum Gasteiger partial charge on any atom is 0.263 e. The van der Waals surface area contributed by atoms with Crippen LogP contribution in [0.5, 0.6) is 5.75 Å². The summed E-state index contributed by atoms with van der Waals surface area (Å²) in [4.78, 5) is 29.5. The maximum absolute atomic E-state index is 13.4. The van der Waals surface area contributed by atoms with Crippen molar-refractivity contribution >= 4 is 28.3 Å². The molecule has 9 heteroatoms. The Morgan fingerprint density at radius 2 is 2.12 bits per heavy atom. The second-order valence-corrected chi connectivity index (χ2v) is 7.99. The first kappa shape index (κ1) is 22.3. The minimum Gasteiger partial charge on any atom is -0.481 e. The number of fused-ring (bicyclic) bond motifs is 1. The Balaban J connectivity index is 1.60. The molecule has 2 aromatic carbocycles. The Labute approximate surface area is 188 Å². The minimum atomic E-state index is -0.793. The standard InChI is InChI=1S/C23H22ClFN2O5/c1-13(23(30)27-6-7-31-16(11-27)12-28)32-15-3-5-17-19(9-15)22(29)26-10-20(17)18-4-2-14(25)8-21(18)24/h2-5,8-10,13,16,28H,6-7,11-12H2,1H3,(H,26,29). The lowest BCUT2D eigenvalue weighted by molar-refractivity contribution is -0.146. The van der Waals surface area contributed by atoms with Gasteiger partial charge in [-0.15, -0.1) is 0 Å². The van der Waals surface area contributed by atoms with Crippen LogP contribution in [-0.2, 0) is 9.53 Å². The van der Waals surface area contributed by atoms with E-state index < -0.39 is 18.0 Å². The van der Waals surface area contributed by atoms with Crippen LogP contribution in [0.15, 0.2) is 47.4 Å². The van der Waals surface area contributed by atoms with Crippen molar-refractivity contribution in [2.24, 2.45) is 0 Å². The molecule has 0 saturated carbocycles. The highest BCUT2D eigenvalue weighted by Gasteiger charge is 2.28. The molecule has 0 bridgehead atoms.